The molecule has 0 bridgehead atoms. The quantitative estimate of drug-likeness (QED) is 0.791. The Balaban J connectivity index is 2.22. The Morgan fingerprint density at radius 1 is 1.23 bits per heavy atom. The van der Waals surface area contributed by atoms with Crippen molar-refractivity contribution in [3.63, 3.8) is 0 Å². The van der Waals surface area contributed by atoms with Gasteiger partial charge < -0.3 is 0 Å². The van der Waals surface area contributed by atoms with Crippen LogP contribution in [0.3, 0.4) is 0 Å². The van der Waals surface area contributed by atoms with E-state index in [1.54, 1.807) is 18.7 Å². The summed E-state index contributed by atoms with van der Waals surface area (Å²) in [5.41, 5.74) is 2.76. The molecule has 0 radical (unpaired) electrons. The third-order valence-electron chi connectivity index (χ3n) is 4.01. The number of carbonyl (C=O) groups excluding carboxylic acids is 1. The van der Waals surface area contributed by atoms with Gasteiger partial charge in [0.05, 0.1) is 0 Å². The Kier molecular flexibility index (Phi) is 3.50. The van der Waals surface area contributed by atoms with Crippen molar-refractivity contribution in [2.24, 2.45) is 10.9 Å². The number of amides is 1. The lowest BCUT2D eigenvalue weighted by Gasteiger charge is -2.28. The molecule has 112 valence electrons. The van der Waals surface area contributed by atoms with Gasteiger partial charge in [0.2, 0.25) is 6.34 Å². The van der Waals surface area contributed by atoms with Crippen LogP contribution in [-0.2, 0) is 0 Å². The molecule has 0 saturated heterocycles. The first-order valence-corrected chi connectivity index (χ1v) is 7.31. The molecule has 0 fully saturated rings. The van der Waals surface area contributed by atoms with Crippen molar-refractivity contribution in [1.29, 1.82) is 0 Å². The summed E-state index contributed by atoms with van der Waals surface area (Å²) in [6, 6.07) is 9.61. The van der Waals surface area contributed by atoms with Crippen molar-refractivity contribution in [1.82, 2.24) is 14.0 Å². The fourth-order valence-electron chi connectivity index (χ4n) is 2.86. The first-order chi connectivity index (χ1) is 10.6. The summed E-state index contributed by atoms with van der Waals surface area (Å²) in [5.74, 6) is 0.260. The lowest BCUT2D eigenvalue weighted by Crippen LogP contribution is -2.52. The zero-order valence-electron chi connectivity index (χ0n) is 13.0. The molecule has 0 N–H and O–H groups in total. The van der Waals surface area contributed by atoms with Crippen LogP contribution in [-0.4, -0.2) is 21.9 Å². The first kappa shape index (κ1) is 14.4. The van der Waals surface area contributed by atoms with Crippen LogP contribution in [0.15, 0.2) is 65.4 Å². The van der Waals surface area contributed by atoms with E-state index in [4.69, 9.17) is 0 Å². The number of rotatable bonds is 2. The van der Waals surface area contributed by atoms with Gasteiger partial charge in [0, 0.05) is 37.4 Å². The topological polar surface area (TPSA) is 47.2 Å². The molecule has 1 unspecified atom stereocenters. The number of imidazole rings is 1. The molecule has 1 aliphatic heterocycles. The Morgan fingerprint density at radius 3 is 2.50 bits per heavy atom. The second-order valence-electron chi connectivity index (χ2n) is 5.68. The number of carbonyl (C=O) groups is 1. The van der Waals surface area contributed by atoms with E-state index in [1.165, 1.54) is 10.9 Å². The van der Waals surface area contributed by atoms with Crippen LogP contribution in [0, 0.1) is 5.92 Å². The monoisotopic (exact) mass is 295 g/mol. The molecule has 5 heteroatoms. The summed E-state index contributed by atoms with van der Waals surface area (Å²) in [7, 11) is 0. The van der Waals surface area contributed by atoms with E-state index < -0.39 is 0 Å². The predicted octanol–water partition coefficient (Wildman–Crippen LogP) is 3.79. The summed E-state index contributed by atoms with van der Waals surface area (Å²) < 4.78 is 1.48. The maximum Gasteiger partial charge on any atom is 0.444 e. The summed E-state index contributed by atoms with van der Waals surface area (Å²) in [5, 5.41) is 0. The van der Waals surface area contributed by atoms with Crippen LogP contribution in [0.25, 0.3) is 0 Å². The number of benzene rings is 1. The third kappa shape index (κ3) is 2.02. The molecule has 2 aromatic rings. The smallest absolute Gasteiger partial charge is 0.245 e. The molecular weight excluding hydrogens is 276 g/mol. The molecule has 1 aromatic heterocycles. The minimum Gasteiger partial charge on any atom is -0.245 e. The maximum atomic E-state index is 13.2. The molecule has 0 aliphatic carbocycles. The lowest BCUT2D eigenvalue weighted by molar-refractivity contribution is 0.230. The number of hydrogen-bond acceptors (Lipinski definition) is 3. The second kappa shape index (κ2) is 5.35. The van der Waals surface area contributed by atoms with Gasteiger partial charge >= 0.3 is 6.03 Å². The fourth-order valence-corrected chi connectivity index (χ4v) is 2.86. The van der Waals surface area contributed by atoms with Gasteiger partial charge in [-0.25, -0.2) is 19.3 Å². The molecule has 1 aliphatic rings. The van der Waals surface area contributed by atoms with Crippen molar-refractivity contribution >= 4 is 18.1 Å². The first-order valence-electron chi connectivity index (χ1n) is 7.31. The van der Waals surface area contributed by atoms with Gasteiger partial charge in [-0.05, 0) is 0 Å². The van der Waals surface area contributed by atoms with Gasteiger partial charge in [-0.3, -0.25) is 0 Å². The summed E-state index contributed by atoms with van der Waals surface area (Å²) in [4.78, 5) is 21.7. The maximum absolute atomic E-state index is 13.2. The molecule has 22 heavy (non-hydrogen) atoms. The van der Waals surface area contributed by atoms with Crippen molar-refractivity contribution in [2.45, 2.75) is 20.8 Å². The van der Waals surface area contributed by atoms with Crippen LogP contribution in [0.2, 0.25) is 0 Å². The highest BCUT2D eigenvalue weighted by atomic mass is 16.2. The number of allylic oxidation sites excluding steroid dienone is 2. The molecular formula is C17H19N4O+. The predicted molar refractivity (Wildman–Crippen MR) is 87.3 cm³/mol. The highest BCUT2D eigenvalue weighted by Crippen LogP contribution is 2.36. The number of para-hydroxylation sites is 1. The number of aromatic nitrogens is 2. The van der Waals surface area contributed by atoms with Crippen LogP contribution in [0.4, 0.5) is 10.5 Å². The van der Waals surface area contributed by atoms with Crippen molar-refractivity contribution in [3.8, 4) is 0 Å². The summed E-state index contributed by atoms with van der Waals surface area (Å²) in [6.07, 6.45) is 6.52. The number of aliphatic imine (C=N–C) groups is 1. The van der Waals surface area contributed by atoms with E-state index in [9.17, 15) is 4.79 Å². The molecule has 2 heterocycles. The minimum atomic E-state index is -0.111. The zero-order valence-corrected chi connectivity index (χ0v) is 13.0. The summed E-state index contributed by atoms with van der Waals surface area (Å²) in [6.45, 7) is 6.15. The van der Waals surface area contributed by atoms with Gasteiger partial charge in [0.1, 0.15) is 17.7 Å². The molecule has 1 atom stereocenters. The second-order valence-corrected chi connectivity index (χ2v) is 5.68. The summed E-state index contributed by atoms with van der Waals surface area (Å²) >= 11 is 0. The SMILES string of the molecule is CC1=C(C(C)C)N=C[N+]1(C(=O)n1ccnc1)c1ccccc1. The average Bonchev–Trinajstić information content (AvgIpc) is 3.16. The van der Waals surface area contributed by atoms with Crippen LogP contribution < -0.4 is 4.48 Å². The van der Waals surface area contributed by atoms with Crippen molar-refractivity contribution in [2.75, 3.05) is 0 Å². The van der Waals surface area contributed by atoms with Crippen LogP contribution >= 0.6 is 0 Å². The van der Waals surface area contributed by atoms with E-state index in [1.807, 2.05) is 37.3 Å². The van der Waals surface area contributed by atoms with Crippen LogP contribution in [0.1, 0.15) is 20.8 Å². The van der Waals surface area contributed by atoms with Gasteiger partial charge in [-0.1, -0.05) is 32.0 Å². The van der Waals surface area contributed by atoms with Gasteiger partial charge in [0.25, 0.3) is 0 Å². The molecule has 0 spiro atoms. The lowest BCUT2D eigenvalue weighted by atomic mass is 10.1. The highest BCUT2D eigenvalue weighted by Gasteiger charge is 2.47. The van der Waals surface area contributed by atoms with Crippen LogP contribution in [0.5, 0.6) is 0 Å². The minimum absolute atomic E-state index is 0.0231. The number of hydrogen-bond donors (Lipinski definition) is 0. The molecule has 0 saturated carbocycles. The van der Waals surface area contributed by atoms with Crippen molar-refractivity contribution in [3.05, 3.63) is 60.4 Å². The largest absolute Gasteiger partial charge is 0.444 e. The normalized spacial score (nSPS) is 20.9. The van der Waals surface area contributed by atoms with E-state index in [0.29, 0.717) is 0 Å². The molecule has 3 rings (SSSR count). The fraction of sp³-hybridized carbons (Fsp3) is 0.235. The van der Waals surface area contributed by atoms with E-state index >= 15 is 0 Å². The van der Waals surface area contributed by atoms with Crippen molar-refractivity contribution < 1.29 is 4.79 Å². The Labute approximate surface area is 129 Å². The molecule has 1 aromatic carbocycles. The van der Waals surface area contributed by atoms with Gasteiger partial charge in [-0.2, -0.15) is 0 Å². The van der Waals surface area contributed by atoms with Gasteiger partial charge in [0.15, 0.2) is 5.69 Å². The Bertz CT molecular complexity index is 744. The van der Waals surface area contributed by atoms with E-state index in [0.717, 1.165) is 17.1 Å². The zero-order chi connectivity index (χ0) is 15.7. The van der Waals surface area contributed by atoms with E-state index in [2.05, 4.69) is 23.8 Å². The molecule has 1 amide bonds. The van der Waals surface area contributed by atoms with Gasteiger partial charge in [-0.15, -0.1) is 4.48 Å². The Morgan fingerprint density at radius 2 is 1.95 bits per heavy atom. The molecule has 5 nitrogen and oxygen atoms in total. The standard InChI is InChI=1S/C17H19N4O/c1-13(2)16-14(3)21(12-19-16,15-7-5-4-6-8-15)17(22)20-10-9-18-11-20/h4-13H,1-3H3/q+1. The average molecular weight is 295 g/mol. The third-order valence-corrected chi connectivity index (χ3v) is 4.01. The Hall–Kier alpha value is -2.53. The van der Waals surface area contributed by atoms with E-state index in [-0.39, 0.29) is 16.4 Å². The number of quaternary nitrogens is 1. The highest BCUT2D eigenvalue weighted by molar-refractivity contribution is 6.06. The number of nitrogens with zero attached hydrogens (tertiary/aromatic N) is 4.